The zero-order valence-electron chi connectivity index (χ0n) is 25.7. The van der Waals surface area contributed by atoms with Gasteiger partial charge in [-0.25, -0.2) is 8.42 Å². The lowest BCUT2D eigenvalue weighted by molar-refractivity contribution is -0.139. The molecule has 8 nitrogen and oxygen atoms in total. The molecule has 0 aromatic heterocycles. The fourth-order valence-corrected chi connectivity index (χ4v) is 7.61. The van der Waals surface area contributed by atoms with Crippen molar-refractivity contribution in [3.63, 3.8) is 0 Å². The van der Waals surface area contributed by atoms with Gasteiger partial charge in [0.05, 0.1) is 17.2 Å². The molecule has 0 bridgehead atoms. The van der Waals surface area contributed by atoms with Crippen molar-refractivity contribution in [2.24, 2.45) is 0 Å². The third-order valence-corrected chi connectivity index (χ3v) is 10.9. The first-order valence-electron chi connectivity index (χ1n) is 15.0. The Hall–Kier alpha value is -2.92. The molecule has 242 valence electrons. The number of anilines is 1. The fraction of sp³-hybridized carbons (Fsp3) is 0.394. The molecule has 0 aliphatic heterocycles. The molecule has 4 rings (SSSR count). The lowest BCUT2D eigenvalue weighted by Gasteiger charge is -2.33. The molecule has 0 spiro atoms. The van der Waals surface area contributed by atoms with Crippen LogP contribution < -0.4 is 14.4 Å². The van der Waals surface area contributed by atoms with Crippen molar-refractivity contribution >= 4 is 62.5 Å². The van der Waals surface area contributed by atoms with Gasteiger partial charge in [0.15, 0.2) is 0 Å². The number of carbonyl (C=O) groups is 2. The molecule has 1 fully saturated rings. The molecule has 0 saturated heterocycles. The average Bonchev–Trinajstić information content (AvgIpc) is 3.04. The summed E-state index contributed by atoms with van der Waals surface area (Å²) in [5.41, 5.74) is 0.786. The van der Waals surface area contributed by atoms with E-state index in [4.69, 9.17) is 27.9 Å². The Kier molecular flexibility index (Phi) is 12.5. The van der Waals surface area contributed by atoms with Crippen molar-refractivity contribution in [1.82, 2.24) is 10.2 Å². The molecular formula is C33H39Cl2N3O5S2. The molecule has 1 aliphatic carbocycles. The van der Waals surface area contributed by atoms with Crippen molar-refractivity contribution in [1.29, 1.82) is 0 Å². The quantitative estimate of drug-likeness (QED) is 0.191. The minimum atomic E-state index is -4.25. The summed E-state index contributed by atoms with van der Waals surface area (Å²) >= 11 is 14.1. The van der Waals surface area contributed by atoms with Gasteiger partial charge in [0.1, 0.15) is 18.3 Å². The summed E-state index contributed by atoms with van der Waals surface area (Å²) < 4.78 is 35.3. The van der Waals surface area contributed by atoms with Crippen LogP contribution in [0.15, 0.2) is 76.5 Å². The second-order valence-corrected chi connectivity index (χ2v) is 14.5. The van der Waals surface area contributed by atoms with Crippen molar-refractivity contribution in [2.75, 3.05) is 23.7 Å². The smallest absolute Gasteiger partial charge is 0.264 e. The Morgan fingerprint density at radius 1 is 1.02 bits per heavy atom. The van der Waals surface area contributed by atoms with Crippen LogP contribution in [0.5, 0.6) is 5.75 Å². The molecule has 1 saturated carbocycles. The van der Waals surface area contributed by atoms with E-state index in [9.17, 15) is 18.0 Å². The highest BCUT2D eigenvalue weighted by Gasteiger charge is 2.34. The van der Waals surface area contributed by atoms with Gasteiger partial charge in [0, 0.05) is 27.5 Å². The highest BCUT2D eigenvalue weighted by molar-refractivity contribution is 7.98. The van der Waals surface area contributed by atoms with Crippen LogP contribution in [-0.4, -0.2) is 56.6 Å². The summed E-state index contributed by atoms with van der Waals surface area (Å²) in [6.07, 6.45) is 6.86. The van der Waals surface area contributed by atoms with Crippen molar-refractivity contribution in [3.05, 3.63) is 82.3 Å². The number of hydrogen-bond acceptors (Lipinski definition) is 6. The van der Waals surface area contributed by atoms with Crippen LogP contribution in [0.25, 0.3) is 0 Å². The van der Waals surface area contributed by atoms with Crippen LogP contribution in [0.4, 0.5) is 5.69 Å². The topological polar surface area (TPSA) is 96.0 Å². The lowest BCUT2D eigenvalue weighted by atomic mass is 9.95. The van der Waals surface area contributed by atoms with E-state index in [1.54, 1.807) is 68.4 Å². The Morgan fingerprint density at radius 2 is 1.71 bits per heavy atom. The number of sulfonamides is 1. The minimum Gasteiger partial charge on any atom is -0.492 e. The standard InChI is InChI=1S/C33H39Cl2N3O5S2/c1-4-43-31-13-9-8-12-30(31)38(45(41,42)28-18-16-27(44-3)17-19-28)22-32(39)37(21-24-14-15-25(34)20-29(24)35)23(2)33(40)36-26-10-6-5-7-11-26/h8-9,12-20,23,26H,4-7,10-11,21-22H2,1-3H3,(H,36,40)/t23-/m1/s1. The third kappa shape index (κ3) is 8.87. The highest BCUT2D eigenvalue weighted by atomic mass is 35.5. The van der Waals surface area contributed by atoms with E-state index in [0.717, 1.165) is 41.3 Å². The summed E-state index contributed by atoms with van der Waals surface area (Å²) in [6.45, 7) is 3.13. The molecular weight excluding hydrogens is 653 g/mol. The number of carbonyl (C=O) groups excluding carboxylic acids is 2. The van der Waals surface area contributed by atoms with Gasteiger partial charge in [-0.3, -0.25) is 13.9 Å². The van der Waals surface area contributed by atoms with Gasteiger partial charge >= 0.3 is 0 Å². The summed E-state index contributed by atoms with van der Waals surface area (Å²) in [6, 6.07) is 17.2. The SMILES string of the molecule is CCOc1ccccc1N(CC(=O)N(Cc1ccc(Cl)cc1Cl)[C@H](C)C(=O)NC1CCCCC1)S(=O)(=O)c1ccc(SC)cc1. The van der Waals surface area contributed by atoms with Crippen molar-refractivity contribution < 1.29 is 22.7 Å². The molecule has 1 atom stereocenters. The number of ether oxygens (including phenoxy) is 1. The van der Waals surface area contributed by atoms with E-state index in [-0.39, 0.29) is 29.1 Å². The van der Waals surface area contributed by atoms with E-state index in [0.29, 0.717) is 28.0 Å². The normalized spacial score (nSPS) is 14.4. The van der Waals surface area contributed by atoms with Crippen LogP contribution in [0, 0.1) is 0 Å². The van der Waals surface area contributed by atoms with Gasteiger partial charge in [-0.15, -0.1) is 11.8 Å². The van der Waals surface area contributed by atoms with Crippen LogP contribution in [0.2, 0.25) is 10.0 Å². The minimum absolute atomic E-state index is 0.0230. The molecule has 0 unspecified atom stereocenters. The van der Waals surface area contributed by atoms with E-state index < -0.39 is 28.5 Å². The fourth-order valence-electron chi connectivity index (χ4n) is 5.31. The maximum absolute atomic E-state index is 14.3. The van der Waals surface area contributed by atoms with Crippen molar-refractivity contribution in [2.45, 2.75) is 74.4 Å². The number of halogens is 2. The van der Waals surface area contributed by atoms with Crippen LogP contribution in [-0.2, 0) is 26.2 Å². The third-order valence-electron chi connectivity index (χ3n) is 7.83. The first-order chi connectivity index (χ1) is 21.5. The number of amides is 2. The van der Waals surface area contributed by atoms with E-state index in [2.05, 4.69) is 5.32 Å². The molecule has 12 heteroatoms. The maximum atomic E-state index is 14.3. The van der Waals surface area contributed by atoms with Gasteiger partial charge in [-0.05, 0) is 87.0 Å². The second kappa shape index (κ2) is 16.1. The zero-order valence-corrected chi connectivity index (χ0v) is 28.8. The molecule has 3 aromatic rings. The molecule has 45 heavy (non-hydrogen) atoms. The Labute approximate surface area is 280 Å². The second-order valence-electron chi connectivity index (χ2n) is 10.9. The molecule has 1 N–H and O–H groups in total. The summed E-state index contributed by atoms with van der Waals surface area (Å²) in [4.78, 5) is 30.2. The van der Waals surface area contributed by atoms with Crippen LogP contribution in [0.1, 0.15) is 51.5 Å². The van der Waals surface area contributed by atoms with Crippen LogP contribution >= 0.6 is 35.0 Å². The van der Waals surface area contributed by atoms with Crippen molar-refractivity contribution in [3.8, 4) is 5.75 Å². The van der Waals surface area contributed by atoms with Gasteiger partial charge in [0.25, 0.3) is 10.0 Å². The number of hydrogen-bond donors (Lipinski definition) is 1. The number of para-hydroxylation sites is 2. The first-order valence-corrected chi connectivity index (χ1v) is 18.4. The summed E-state index contributed by atoms with van der Waals surface area (Å²) in [5.74, 6) is -0.576. The molecule has 3 aromatic carbocycles. The average molecular weight is 693 g/mol. The monoisotopic (exact) mass is 691 g/mol. The Morgan fingerprint density at radius 3 is 2.36 bits per heavy atom. The van der Waals surface area contributed by atoms with Crippen LogP contribution in [0.3, 0.4) is 0 Å². The van der Waals surface area contributed by atoms with Gasteiger partial charge < -0.3 is 15.0 Å². The molecule has 2 amide bonds. The summed E-state index contributed by atoms with van der Waals surface area (Å²) in [7, 11) is -4.25. The molecule has 0 radical (unpaired) electrons. The zero-order chi connectivity index (χ0) is 32.6. The first kappa shape index (κ1) is 34.9. The summed E-state index contributed by atoms with van der Waals surface area (Å²) in [5, 5.41) is 3.87. The predicted octanol–water partition coefficient (Wildman–Crippen LogP) is 7.18. The van der Waals surface area contributed by atoms with Gasteiger partial charge in [0.2, 0.25) is 11.8 Å². The lowest BCUT2D eigenvalue weighted by Crippen LogP contribution is -2.53. The van der Waals surface area contributed by atoms with E-state index in [1.165, 1.54) is 28.8 Å². The number of rotatable bonds is 13. The Bertz CT molecular complexity index is 1580. The number of nitrogens with one attached hydrogen (secondary N) is 1. The van der Waals surface area contributed by atoms with E-state index >= 15 is 0 Å². The number of thioether (sulfide) groups is 1. The van der Waals surface area contributed by atoms with Gasteiger partial charge in [-0.2, -0.15) is 0 Å². The highest BCUT2D eigenvalue weighted by Crippen LogP contribution is 2.33. The largest absolute Gasteiger partial charge is 0.492 e. The molecule has 1 aliphatic rings. The van der Waals surface area contributed by atoms with E-state index in [1.807, 2.05) is 6.26 Å². The Balaban J connectivity index is 1.74. The number of benzene rings is 3. The maximum Gasteiger partial charge on any atom is 0.264 e. The number of nitrogens with zero attached hydrogens (tertiary/aromatic N) is 2. The van der Waals surface area contributed by atoms with Gasteiger partial charge in [-0.1, -0.05) is 60.7 Å². The predicted molar refractivity (Wildman–Crippen MR) is 182 cm³/mol. The molecule has 0 heterocycles.